The Morgan fingerprint density at radius 2 is 2.06 bits per heavy atom. The molecule has 1 fully saturated rings. The molecule has 0 bridgehead atoms. The van der Waals surface area contributed by atoms with Crippen molar-refractivity contribution in [3.05, 3.63) is 29.0 Å². The van der Waals surface area contributed by atoms with E-state index in [2.05, 4.69) is 15.6 Å². The van der Waals surface area contributed by atoms with Crippen LogP contribution in [0.2, 0.25) is 5.02 Å². The van der Waals surface area contributed by atoms with Gasteiger partial charge in [0.1, 0.15) is 11.3 Å². The van der Waals surface area contributed by atoms with Crippen molar-refractivity contribution in [1.82, 2.24) is 9.55 Å². The molecule has 0 spiro atoms. The Balaban J connectivity index is 2.04. The molecule has 18 heavy (non-hydrogen) atoms. The van der Waals surface area contributed by atoms with Gasteiger partial charge < -0.3 is 4.57 Å². The van der Waals surface area contributed by atoms with E-state index in [0.717, 1.165) is 29.3 Å². The van der Waals surface area contributed by atoms with E-state index in [1.54, 1.807) is 0 Å². The van der Waals surface area contributed by atoms with Crippen LogP contribution < -0.4 is 0 Å². The fraction of sp³-hybridized carbons (Fsp3) is 0.500. The highest BCUT2D eigenvalue weighted by Gasteiger charge is 2.19. The van der Waals surface area contributed by atoms with Gasteiger partial charge in [0.05, 0.1) is 16.4 Å². The van der Waals surface area contributed by atoms with E-state index in [1.165, 1.54) is 25.7 Å². The van der Waals surface area contributed by atoms with E-state index in [1.807, 2.05) is 12.1 Å². The fourth-order valence-corrected chi connectivity index (χ4v) is 3.33. The van der Waals surface area contributed by atoms with E-state index >= 15 is 0 Å². The number of aromatic nitrogens is 2. The molecule has 0 atom stereocenters. The summed E-state index contributed by atoms with van der Waals surface area (Å²) in [6.07, 6.45) is 5.35. The summed E-state index contributed by atoms with van der Waals surface area (Å²) in [5, 5.41) is 0.712. The molecule has 1 saturated carbocycles. The van der Waals surface area contributed by atoms with Gasteiger partial charge in [0, 0.05) is 6.54 Å². The summed E-state index contributed by atoms with van der Waals surface area (Å²) in [6, 6.07) is 5.95. The molecule has 1 aromatic carbocycles. The van der Waals surface area contributed by atoms with E-state index in [4.69, 9.17) is 23.2 Å². The molecule has 4 heteroatoms. The molecule has 0 aliphatic heterocycles. The third-order valence-corrected chi connectivity index (χ3v) is 4.39. The highest BCUT2D eigenvalue weighted by molar-refractivity contribution is 6.35. The van der Waals surface area contributed by atoms with Gasteiger partial charge in [-0.05, 0) is 30.9 Å². The number of hydrogen-bond acceptors (Lipinski definition) is 1. The maximum Gasteiger partial charge on any atom is 0.124 e. The first-order valence-corrected chi connectivity index (χ1v) is 7.40. The number of para-hydroxylation sites is 1. The van der Waals surface area contributed by atoms with Crippen LogP contribution in [-0.4, -0.2) is 9.55 Å². The summed E-state index contributed by atoms with van der Waals surface area (Å²) in [6.45, 7) is 1.03. The maximum absolute atomic E-state index is 6.20. The van der Waals surface area contributed by atoms with Gasteiger partial charge >= 0.3 is 0 Å². The minimum absolute atomic E-state index is 0.442. The minimum Gasteiger partial charge on any atom is -0.327 e. The Kier molecular flexibility index (Phi) is 3.49. The Bertz CT molecular complexity index is 556. The highest BCUT2D eigenvalue weighted by Crippen LogP contribution is 2.30. The van der Waals surface area contributed by atoms with Gasteiger partial charge in [-0.3, -0.25) is 0 Å². The summed E-state index contributed by atoms with van der Waals surface area (Å²) in [7, 11) is 0. The Morgan fingerprint density at radius 3 is 2.78 bits per heavy atom. The van der Waals surface area contributed by atoms with Gasteiger partial charge in [-0.2, -0.15) is 0 Å². The van der Waals surface area contributed by atoms with Crippen molar-refractivity contribution in [1.29, 1.82) is 0 Å². The van der Waals surface area contributed by atoms with Gasteiger partial charge in [0.25, 0.3) is 0 Å². The van der Waals surface area contributed by atoms with Gasteiger partial charge in [0.15, 0.2) is 0 Å². The molecule has 1 aromatic heterocycles. The van der Waals surface area contributed by atoms with Gasteiger partial charge in [-0.1, -0.05) is 30.5 Å². The molecule has 3 rings (SSSR count). The molecule has 0 saturated heterocycles. The average Bonchev–Trinajstić information content (AvgIpc) is 2.99. The first-order chi connectivity index (χ1) is 8.79. The molecule has 96 valence electrons. The Hall–Kier alpha value is -0.730. The molecule has 2 aromatic rings. The second kappa shape index (κ2) is 5.10. The fourth-order valence-electron chi connectivity index (χ4n) is 2.92. The van der Waals surface area contributed by atoms with Crippen LogP contribution in [0.25, 0.3) is 11.0 Å². The monoisotopic (exact) mass is 282 g/mol. The van der Waals surface area contributed by atoms with Crippen LogP contribution in [0.15, 0.2) is 18.2 Å². The van der Waals surface area contributed by atoms with E-state index < -0.39 is 0 Å². The van der Waals surface area contributed by atoms with Crippen LogP contribution in [0, 0.1) is 5.92 Å². The standard InChI is InChI=1S/C14H16Cl2N2/c15-8-13-17-14-11(16)6-3-7-12(14)18(13)9-10-4-1-2-5-10/h3,6-7,10H,1-2,4-5,8-9H2. The van der Waals surface area contributed by atoms with Crippen molar-refractivity contribution in [2.45, 2.75) is 38.1 Å². The number of alkyl halides is 1. The van der Waals surface area contributed by atoms with Crippen LogP contribution >= 0.6 is 23.2 Å². The van der Waals surface area contributed by atoms with Crippen LogP contribution in [0.4, 0.5) is 0 Å². The Labute approximate surface area is 117 Å². The van der Waals surface area contributed by atoms with Crippen molar-refractivity contribution in [3.8, 4) is 0 Å². The minimum atomic E-state index is 0.442. The third-order valence-electron chi connectivity index (χ3n) is 3.84. The number of rotatable bonds is 3. The topological polar surface area (TPSA) is 17.8 Å². The second-order valence-corrected chi connectivity index (χ2v) is 5.70. The first kappa shape index (κ1) is 12.3. The largest absolute Gasteiger partial charge is 0.327 e. The third kappa shape index (κ3) is 2.12. The van der Waals surface area contributed by atoms with Crippen molar-refractivity contribution < 1.29 is 0 Å². The number of halogens is 2. The predicted molar refractivity (Wildman–Crippen MR) is 76.3 cm³/mol. The lowest BCUT2D eigenvalue weighted by molar-refractivity contribution is 0.458. The normalized spacial score (nSPS) is 16.8. The summed E-state index contributed by atoms with van der Waals surface area (Å²) < 4.78 is 2.25. The lowest BCUT2D eigenvalue weighted by atomic mass is 10.1. The summed E-state index contributed by atoms with van der Waals surface area (Å²) in [4.78, 5) is 4.57. The summed E-state index contributed by atoms with van der Waals surface area (Å²) in [5.74, 6) is 2.15. The van der Waals surface area contributed by atoms with Crippen molar-refractivity contribution >= 4 is 34.2 Å². The molecule has 0 amide bonds. The maximum atomic E-state index is 6.20. The van der Waals surface area contributed by atoms with Crippen molar-refractivity contribution in [2.75, 3.05) is 0 Å². The van der Waals surface area contributed by atoms with Gasteiger partial charge in [0.2, 0.25) is 0 Å². The Morgan fingerprint density at radius 1 is 1.28 bits per heavy atom. The van der Waals surface area contributed by atoms with E-state index in [0.29, 0.717) is 10.9 Å². The van der Waals surface area contributed by atoms with E-state index in [-0.39, 0.29) is 0 Å². The summed E-state index contributed by atoms with van der Waals surface area (Å²) >= 11 is 12.2. The molecular weight excluding hydrogens is 267 g/mol. The van der Waals surface area contributed by atoms with Gasteiger partial charge in [-0.25, -0.2) is 4.98 Å². The molecule has 2 nitrogen and oxygen atoms in total. The van der Waals surface area contributed by atoms with Crippen molar-refractivity contribution in [3.63, 3.8) is 0 Å². The number of fused-ring (bicyclic) bond motifs is 1. The van der Waals surface area contributed by atoms with Crippen LogP contribution in [0.5, 0.6) is 0 Å². The number of benzene rings is 1. The average molecular weight is 283 g/mol. The lowest BCUT2D eigenvalue weighted by Crippen LogP contribution is -2.09. The first-order valence-electron chi connectivity index (χ1n) is 6.49. The molecule has 1 aliphatic rings. The molecule has 0 radical (unpaired) electrons. The molecular formula is C14H16Cl2N2. The smallest absolute Gasteiger partial charge is 0.124 e. The molecule has 1 aliphatic carbocycles. The lowest BCUT2D eigenvalue weighted by Gasteiger charge is -2.13. The van der Waals surface area contributed by atoms with Crippen LogP contribution in [0.3, 0.4) is 0 Å². The zero-order chi connectivity index (χ0) is 12.5. The van der Waals surface area contributed by atoms with Crippen molar-refractivity contribution in [2.24, 2.45) is 5.92 Å². The SMILES string of the molecule is ClCc1nc2c(Cl)cccc2n1CC1CCCC1. The molecule has 0 unspecified atom stereocenters. The van der Waals surface area contributed by atoms with Crippen LogP contribution in [-0.2, 0) is 12.4 Å². The van der Waals surface area contributed by atoms with E-state index in [9.17, 15) is 0 Å². The zero-order valence-electron chi connectivity index (χ0n) is 10.2. The molecule has 0 N–H and O–H groups in total. The van der Waals surface area contributed by atoms with Crippen LogP contribution in [0.1, 0.15) is 31.5 Å². The number of imidazole rings is 1. The second-order valence-electron chi connectivity index (χ2n) is 5.03. The highest BCUT2D eigenvalue weighted by atomic mass is 35.5. The summed E-state index contributed by atoms with van der Waals surface area (Å²) in [5.41, 5.74) is 2.00. The quantitative estimate of drug-likeness (QED) is 0.752. The zero-order valence-corrected chi connectivity index (χ0v) is 11.7. The predicted octanol–water partition coefficient (Wildman–Crippen LogP) is 4.62. The molecule has 1 heterocycles. The van der Waals surface area contributed by atoms with Gasteiger partial charge in [-0.15, -0.1) is 11.6 Å². The number of nitrogens with zero attached hydrogens (tertiary/aromatic N) is 2. The number of hydrogen-bond donors (Lipinski definition) is 0.